The maximum absolute atomic E-state index is 11.8. The summed E-state index contributed by atoms with van der Waals surface area (Å²) >= 11 is 0. The Labute approximate surface area is 92.6 Å². The largest absolute Gasteiger partial charge is 0.459 e. The molecule has 0 amide bonds. The van der Waals surface area contributed by atoms with E-state index in [0.717, 1.165) is 12.8 Å². The van der Waals surface area contributed by atoms with E-state index in [2.05, 4.69) is 19.2 Å². The van der Waals surface area contributed by atoms with E-state index in [4.69, 9.17) is 4.74 Å². The molecule has 1 fully saturated rings. The van der Waals surface area contributed by atoms with Crippen molar-refractivity contribution in [3.8, 4) is 0 Å². The Balaban J connectivity index is 2.48. The number of hydrogen-bond acceptors (Lipinski definition) is 3. The molecule has 1 aliphatic rings. The van der Waals surface area contributed by atoms with E-state index in [1.807, 2.05) is 20.8 Å². The molecule has 0 bridgehead atoms. The van der Waals surface area contributed by atoms with Gasteiger partial charge in [0.1, 0.15) is 11.6 Å². The quantitative estimate of drug-likeness (QED) is 0.678. The van der Waals surface area contributed by atoms with E-state index >= 15 is 0 Å². The highest BCUT2D eigenvalue weighted by Crippen LogP contribution is 2.21. The summed E-state index contributed by atoms with van der Waals surface area (Å²) in [6.07, 6.45) is 1.98. The van der Waals surface area contributed by atoms with Crippen LogP contribution in [0.3, 0.4) is 0 Å². The lowest BCUT2D eigenvalue weighted by atomic mass is 9.90. The molecule has 1 N–H and O–H groups in total. The van der Waals surface area contributed by atoms with Crippen LogP contribution in [-0.4, -0.2) is 23.7 Å². The highest BCUT2D eigenvalue weighted by atomic mass is 16.6. The van der Waals surface area contributed by atoms with Crippen LogP contribution in [0.25, 0.3) is 0 Å². The molecule has 1 rings (SSSR count). The maximum Gasteiger partial charge on any atom is 0.323 e. The van der Waals surface area contributed by atoms with E-state index in [-0.39, 0.29) is 17.6 Å². The van der Waals surface area contributed by atoms with Gasteiger partial charge >= 0.3 is 5.97 Å². The fraction of sp³-hybridized carbons (Fsp3) is 0.917. The average Bonchev–Trinajstić information content (AvgIpc) is 2.06. The van der Waals surface area contributed by atoms with E-state index in [0.29, 0.717) is 12.0 Å². The lowest BCUT2D eigenvalue weighted by molar-refractivity contribution is -0.158. The van der Waals surface area contributed by atoms with Crippen molar-refractivity contribution >= 4 is 5.97 Å². The number of carbonyl (C=O) groups is 1. The summed E-state index contributed by atoms with van der Waals surface area (Å²) in [5.41, 5.74) is -0.384. The van der Waals surface area contributed by atoms with Crippen LogP contribution < -0.4 is 5.32 Å². The van der Waals surface area contributed by atoms with Crippen molar-refractivity contribution < 1.29 is 9.53 Å². The molecule has 88 valence electrons. The van der Waals surface area contributed by atoms with Gasteiger partial charge < -0.3 is 10.1 Å². The first kappa shape index (κ1) is 12.5. The zero-order valence-electron chi connectivity index (χ0n) is 10.5. The number of rotatable bonds is 1. The molecule has 1 aliphatic heterocycles. The molecule has 3 nitrogen and oxygen atoms in total. The normalized spacial score (nSPS) is 32.5. The number of esters is 1. The molecule has 0 radical (unpaired) electrons. The van der Waals surface area contributed by atoms with Crippen LogP contribution in [0.4, 0.5) is 0 Å². The smallest absolute Gasteiger partial charge is 0.323 e. The molecule has 0 aliphatic carbocycles. The van der Waals surface area contributed by atoms with Crippen LogP contribution in [0.15, 0.2) is 0 Å². The predicted octanol–water partition coefficient (Wildman–Crippen LogP) is 2.10. The number of nitrogens with one attached hydrogen (secondary N) is 1. The first-order valence-electron chi connectivity index (χ1n) is 5.78. The van der Waals surface area contributed by atoms with Gasteiger partial charge in [0.2, 0.25) is 0 Å². The van der Waals surface area contributed by atoms with Crippen LogP contribution in [0, 0.1) is 5.92 Å². The van der Waals surface area contributed by atoms with Gasteiger partial charge in [-0.1, -0.05) is 6.92 Å². The van der Waals surface area contributed by atoms with E-state index in [1.165, 1.54) is 0 Å². The van der Waals surface area contributed by atoms with Crippen molar-refractivity contribution in [1.29, 1.82) is 0 Å². The van der Waals surface area contributed by atoms with Gasteiger partial charge in [-0.25, -0.2) is 0 Å². The zero-order chi connectivity index (χ0) is 11.6. The van der Waals surface area contributed by atoms with Crippen LogP contribution in [-0.2, 0) is 9.53 Å². The Hall–Kier alpha value is -0.570. The Morgan fingerprint density at radius 2 is 1.87 bits per heavy atom. The average molecular weight is 213 g/mol. The van der Waals surface area contributed by atoms with Crippen molar-refractivity contribution in [2.24, 2.45) is 5.92 Å². The van der Waals surface area contributed by atoms with E-state index in [1.54, 1.807) is 0 Å². The monoisotopic (exact) mass is 213 g/mol. The molecule has 0 aromatic rings. The van der Waals surface area contributed by atoms with Gasteiger partial charge in [0.15, 0.2) is 0 Å². The highest BCUT2D eigenvalue weighted by Gasteiger charge is 2.31. The molecule has 0 spiro atoms. The molecule has 0 unspecified atom stereocenters. The lowest BCUT2D eigenvalue weighted by Gasteiger charge is -2.33. The molecule has 3 atom stereocenters. The molecule has 1 saturated heterocycles. The summed E-state index contributed by atoms with van der Waals surface area (Å²) in [6.45, 7) is 10.0. The standard InChI is InChI=1S/C12H23NO2/c1-8-6-7-10(13-9(8)2)11(14)15-12(3,4)5/h8-10,13H,6-7H2,1-5H3/t8-,9-,10-/m1/s1. The third kappa shape index (κ3) is 3.82. The fourth-order valence-electron chi connectivity index (χ4n) is 1.80. The number of carbonyl (C=O) groups excluding carboxylic acids is 1. The summed E-state index contributed by atoms with van der Waals surface area (Å²) in [5, 5.41) is 3.31. The van der Waals surface area contributed by atoms with Gasteiger partial charge in [-0.05, 0) is 46.5 Å². The number of hydrogen-bond donors (Lipinski definition) is 1. The molecule has 3 heteroatoms. The van der Waals surface area contributed by atoms with Gasteiger partial charge in [0.05, 0.1) is 0 Å². The summed E-state index contributed by atoms with van der Waals surface area (Å²) < 4.78 is 5.36. The van der Waals surface area contributed by atoms with Gasteiger partial charge in [-0.15, -0.1) is 0 Å². The summed E-state index contributed by atoms with van der Waals surface area (Å²) in [6, 6.07) is 0.284. The molecule has 0 aromatic carbocycles. The summed E-state index contributed by atoms with van der Waals surface area (Å²) in [7, 11) is 0. The van der Waals surface area contributed by atoms with Crippen LogP contribution in [0.1, 0.15) is 47.5 Å². The Morgan fingerprint density at radius 3 is 2.33 bits per heavy atom. The molecular weight excluding hydrogens is 190 g/mol. The van der Waals surface area contributed by atoms with Gasteiger partial charge in [0, 0.05) is 6.04 Å². The second kappa shape index (κ2) is 4.52. The Morgan fingerprint density at radius 1 is 1.27 bits per heavy atom. The van der Waals surface area contributed by atoms with Gasteiger partial charge in [0.25, 0.3) is 0 Å². The first-order valence-corrected chi connectivity index (χ1v) is 5.78. The third-order valence-corrected chi connectivity index (χ3v) is 2.92. The van der Waals surface area contributed by atoms with Crippen molar-refractivity contribution in [3.63, 3.8) is 0 Å². The Bertz CT molecular complexity index is 232. The second-order valence-corrected chi connectivity index (χ2v) is 5.60. The van der Waals surface area contributed by atoms with Crippen LogP contribution >= 0.6 is 0 Å². The van der Waals surface area contributed by atoms with Crippen molar-refractivity contribution in [3.05, 3.63) is 0 Å². The second-order valence-electron chi connectivity index (χ2n) is 5.60. The van der Waals surface area contributed by atoms with Crippen LogP contribution in [0.5, 0.6) is 0 Å². The number of ether oxygens (including phenoxy) is 1. The first-order chi connectivity index (χ1) is 6.79. The van der Waals surface area contributed by atoms with Crippen molar-refractivity contribution in [2.45, 2.75) is 65.1 Å². The summed E-state index contributed by atoms with van der Waals surface area (Å²) in [5.74, 6) is 0.532. The van der Waals surface area contributed by atoms with E-state index < -0.39 is 0 Å². The van der Waals surface area contributed by atoms with Crippen molar-refractivity contribution in [2.75, 3.05) is 0 Å². The predicted molar refractivity (Wildman–Crippen MR) is 60.6 cm³/mol. The van der Waals surface area contributed by atoms with Gasteiger partial charge in [-0.3, -0.25) is 4.79 Å². The van der Waals surface area contributed by atoms with Gasteiger partial charge in [-0.2, -0.15) is 0 Å². The molecule has 0 saturated carbocycles. The maximum atomic E-state index is 11.8. The molecule has 1 heterocycles. The molecule has 15 heavy (non-hydrogen) atoms. The van der Waals surface area contributed by atoms with Crippen molar-refractivity contribution in [1.82, 2.24) is 5.32 Å². The minimum Gasteiger partial charge on any atom is -0.459 e. The topological polar surface area (TPSA) is 38.3 Å². The summed E-state index contributed by atoms with van der Waals surface area (Å²) in [4.78, 5) is 11.8. The van der Waals surface area contributed by atoms with E-state index in [9.17, 15) is 4.79 Å². The molecule has 0 aromatic heterocycles. The Kier molecular flexibility index (Phi) is 3.77. The minimum atomic E-state index is -0.384. The molecular formula is C12H23NO2. The SMILES string of the molecule is C[C@@H]1CC[C@H](C(=O)OC(C)(C)C)N[C@@H]1C. The zero-order valence-corrected chi connectivity index (χ0v) is 10.5. The fourth-order valence-corrected chi connectivity index (χ4v) is 1.80. The third-order valence-electron chi connectivity index (χ3n) is 2.92. The lowest BCUT2D eigenvalue weighted by Crippen LogP contribution is -2.50. The number of piperidine rings is 1. The minimum absolute atomic E-state index is 0.110. The van der Waals surface area contributed by atoms with Crippen LogP contribution in [0.2, 0.25) is 0 Å². The highest BCUT2D eigenvalue weighted by molar-refractivity contribution is 5.76.